The van der Waals surface area contributed by atoms with Gasteiger partial charge in [0.2, 0.25) is 5.91 Å². The van der Waals surface area contributed by atoms with Crippen LogP contribution in [0.15, 0.2) is 84.9 Å². The van der Waals surface area contributed by atoms with Crippen LogP contribution >= 0.6 is 0 Å². The molecule has 182 valence electrons. The molecule has 0 aliphatic heterocycles. The summed E-state index contributed by atoms with van der Waals surface area (Å²) < 4.78 is 10.7. The van der Waals surface area contributed by atoms with Crippen LogP contribution < -0.4 is 15.0 Å². The van der Waals surface area contributed by atoms with Crippen LogP contribution in [-0.2, 0) is 14.3 Å². The van der Waals surface area contributed by atoms with E-state index in [-0.39, 0.29) is 30.6 Å². The number of amides is 2. The van der Waals surface area contributed by atoms with E-state index in [0.29, 0.717) is 37.4 Å². The molecule has 0 unspecified atom stereocenters. The monoisotopic (exact) mass is 474 g/mol. The molecule has 1 N–H and O–H groups in total. The minimum absolute atomic E-state index is 0.0513. The number of carbonyl (C=O) groups is 3. The number of hydrogen-bond acceptors (Lipinski definition) is 5. The molecule has 0 bridgehead atoms. The predicted octanol–water partition coefficient (Wildman–Crippen LogP) is 4.98. The molecule has 2 amide bonds. The standard InChI is InChI=1S/C28H30N2O5/c1-2-34-27(32)19-18-26(31)29-20-9-21-30(28(33)22-10-5-3-6-11-22)23-14-16-25(17-15-23)35-24-12-7-4-8-13-24/h3-8,10-17H,2,9,18-21H2,1H3,(H,29,31). The van der Waals surface area contributed by atoms with Gasteiger partial charge in [-0.3, -0.25) is 14.4 Å². The van der Waals surface area contributed by atoms with Crippen LogP contribution in [0.5, 0.6) is 11.5 Å². The topological polar surface area (TPSA) is 84.9 Å². The highest BCUT2D eigenvalue weighted by Gasteiger charge is 2.18. The Morgan fingerprint density at radius 1 is 0.800 bits per heavy atom. The quantitative estimate of drug-likeness (QED) is 0.296. The first-order valence-electron chi connectivity index (χ1n) is 11.7. The zero-order valence-electron chi connectivity index (χ0n) is 19.8. The van der Waals surface area contributed by atoms with E-state index in [9.17, 15) is 14.4 Å². The molecule has 0 saturated heterocycles. The largest absolute Gasteiger partial charge is 0.466 e. The Hall–Kier alpha value is -4.13. The van der Waals surface area contributed by atoms with Gasteiger partial charge in [0.05, 0.1) is 13.0 Å². The second-order valence-corrected chi connectivity index (χ2v) is 7.74. The van der Waals surface area contributed by atoms with E-state index in [4.69, 9.17) is 9.47 Å². The first-order valence-corrected chi connectivity index (χ1v) is 11.7. The maximum atomic E-state index is 13.2. The predicted molar refractivity (Wildman–Crippen MR) is 135 cm³/mol. The van der Waals surface area contributed by atoms with Crippen molar-refractivity contribution in [2.75, 3.05) is 24.6 Å². The normalized spacial score (nSPS) is 10.3. The molecule has 0 fully saturated rings. The van der Waals surface area contributed by atoms with E-state index in [1.807, 2.05) is 72.8 Å². The molecule has 0 aliphatic rings. The van der Waals surface area contributed by atoms with Crippen molar-refractivity contribution in [1.29, 1.82) is 0 Å². The molecule has 0 aliphatic carbocycles. The summed E-state index contributed by atoms with van der Waals surface area (Å²) in [7, 11) is 0. The zero-order valence-corrected chi connectivity index (χ0v) is 19.8. The SMILES string of the molecule is CCOC(=O)CCC(=O)NCCCN(C(=O)c1ccccc1)c1ccc(Oc2ccccc2)cc1. The number of carbonyl (C=O) groups excluding carboxylic acids is 3. The van der Waals surface area contributed by atoms with Crippen molar-refractivity contribution in [3.8, 4) is 11.5 Å². The first kappa shape index (κ1) is 25.5. The average molecular weight is 475 g/mol. The lowest BCUT2D eigenvalue weighted by Crippen LogP contribution is -2.34. The van der Waals surface area contributed by atoms with Gasteiger partial charge >= 0.3 is 5.97 Å². The molecule has 7 nitrogen and oxygen atoms in total. The fourth-order valence-corrected chi connectivity index (χ4v) is 3.41. The molecular weight excluding hydrogens is 444 g/mol. The van der Waals surface area contributed by atoms with Gasteiger partial charge in [0.15, 0.2) is 0 Å². The van der Waals surface area contributed by atoms with Crippen LogP contribution in [0.25, 0.3) is 0 Å². The summed E-state index contributed by atoms with van der Waals surface area (Å²) >= 11 is 0. The Kier molecular flexibility index (Phi) is 9.87. The lowest BCUT2D eigenvalue weighted by atomic mass is 10.1. The Balaban J connectivity index is 1.61. The third-order valence-corrected chi connectivity index (χ3v) is 5.14. The number of esters is 1. The van der Waals surface area contributed by atoms with E-state index in [2.05, 4.69) is 5.32 Å². The second kappa shape index (κ2) is 13.5. The lowest BCUT2D eigenvalue weighted by molar-refractivity contribution is -0.144. The maximum Gasteiger partial charge on any atom is 0.306 e. The van der Waals surface area contributed by atoms with E-state index in [0.717, 1.165) is 11.4 Å². The van der Waals surface area contributed by atoms with E-state index in [1.54, 1.807) is 24.0 Å². The molecule has 0 atom stereocenters. The molecular formula is C28H30N2O5. The summed E-state index contributed by atoms with van der Waals surface area (Å²) in [4.78, 5) is 38.3. The fraction of sp³-hybridized carbons (Fsp3) is 0.250. The zero-order chi connectivity index (χ0) is 24.9. The van der Waals surface area contributed by atoms with Crippen molar-refractivity contribution in [1.82, 2.24) is 5.32 Å². The van der Waals surface area contributed by atoms with E-state index in [1.165, 1.54) is 0 Å². The highest BCUT2D eigenvalue weighted by atomic mass is 16.5. The van der Waals surface area contributed by atoms with Crippen LogP contribution in [-0.4, -0.2) is 37.5 Å². The first-order chi connectivity index (χ1) is 17.1. The number of rotatable bonds is 12. The fourth-order valence-electron chi connectivity index (χ4n) is 3.41. The van der Waals surface area contributed by atoms with Gasteiger partial charge in [-0.2, -0.15) is 0 Å². The molecule has 0 aromatic heterocycles. The lowest BCUT2D eigenvalue weighted by Gasteiger charge is -2.23. The number of benzene rings is 3. The van der Waals surface area contributed by atoms with Crippen LogP contribution in [0.4, 0.5) is 5.69 Å². The van der Waals surface area contributed by atoms with Crippen molar-refractivity contribution in [2.24, 2.45) is 0 Å². The molecule has 0 heterocycles. The summed E-state index contributed by atoms with van der Waals surface area (Å²) in [5, 5.41) is 2.80. The van der Waals surface area contributed by atoms with E-state index < -0.39 is 0 Å². The number of nitrogens with zero attached hydrogens (tertiary/aromatic N) is 1. The Morgan fingerprint density at radius 3 is 2.09 bits per heavy atom. The highest BCUT2D eigenvalue weighted by Crippen LogP contribution is 2.25. The molecule has 0 radical (unpaired) electrons. The average Bonchev–Trinajstić information content (AvgIpc) is 2.89. The minimum Gasteiger partial charge on any atom is -0.466 e. The summed E-state index contributed by atoms with van der Waals surface area (Å²) in [6, 6.07) is 25.9. The van der Waals surface area contributed by atoms with Gasteiger partial charge < -0.3 is 19.7 Å². The van der Waals surface area contributed by atoms with Crippen molar-refractivity contribution in [3.63, 3.8) is 0 Å². The Bertz CT molecular complexity index is 1090. The third kappa shape index (κ3) is 8.30. The van der Waals surface area contributed by atoms with Gasteiger partial charge in [-0.15, -0.1) is 0 Å². The summed E-state index contributed by atoms with van der Waals surface area (Å²) in [6.45, 7) is 2.82. The number of nitrogens with one attached hydrogen (secondary N) is 1. The van der Waals surface area contributed by atoms with Gasteiger partial charge in [0.1, 0.15) is 11.5 Å². The molecule has 0 saturated carbocycles. The summed E-state index contributed by atoms with van der Waals surface area (Å²) in [5.41, 5.74) is 1.31. The number of anilines is 1. The van der Waals surface area contributed by atoms with Crippen LogP contribution in [0, 0.1) is 0 Å². The van der Waals surface area contributed by atoms with Gasteiger partial charge in [-0.05, 0) is 61.9 Å². The molecule has 3 rings (SSSR count). The Morgan fingerprint density at radius 2 is 1.43 bits per heavy atom. The molecule has 3 aromatic carbocycles. The van der Waals surface area contributed by atoms with Gasteiger partial charge in [-0.25, -0.2) is 0 Å². The van der Waals surface area contributed by atoms with Gasteiger partial charge in [-0.1, -0.05) is 36.4 Å². The van der Waals surface area contributed by atoms with Crippen LogP contribution in [0.1, 0.15) is 36.5 Å². The number of hydrogen-bond donors (Lipinski definition) is 1. The Labute approximate surface area is 205 Å². The van der Waals surface area contributed by atoms with E-state index >= 15 is 0 Å². The third-order valence-electron chi connectivity index (χ3n) is 5.14. The summed E-state index contributed by atoms with van der Waals surface area (Å²) in [6.07, 6.45) is 0.677. The van der Waals surface area contributed by atoms with Gasteiger partial charge in [0.25, 0.3) is 5.91 Å². The minimum atomic E-state index is -0.387. The number of para-hydroxylation sites is 1. The van der Waals surface area contributed by atoms with Crippen molar-refractivity contribution in [2.45, 2.75) is 26.2 Å². The van der Waals surface area contributed by atoms with Crippen molar-refractivity contribution >= 4 is 23.5 Å². The van der Waals surface area contributed by atoms with Crippen LogP contribution in [0.2, 0.25) is 0 Å². The molecule has 7 heteroatoms. The van der Waals surface area contributed by atoms with Crippen molar-refractivity contribution in [3.05, 3.63) is 90.5 Å². The molecule has 0 spiro atoms. The highest BCUT2D eigenvalue weighted by molar-refractivity contribution is 6.06. The maximum absolute atomic E-state index is 13.2. The van der Waals surface area contributed by atoms with Crippen molar-refractivity contribution < 1.29 is 23.9 Å². The number of ether oxygens (including phenoxy) is 2. The summed E-state index contributed by atoms with van der Waals surface area (Å²) in [5.74, 6) is 0.663. The molecule has 35 heavy (non-hydrogen) atoms. The second-order valence-electron chi connectivity index (χ2n) is 7.74. The van der Waals surface area contributed by atoms with Gasteiger partial charge in [0, 0.05) is 30.8 Å². The van der Waals surface area contributed by atoms with Crippen LogP contribution in [0.3, 0.4) is 0 Å². The smallest absolute Gasteiger partial charge is 0.306 e. The molecule has 3 aromatic rings.